The lowest BCUT2D eigenvalue weighted by Gasteiger charge is -2.61. The summed E-state index contributed by atoms with van der Waals surface area (Å²) in [7, 11) is 0. The molecule has 5 aliphatic rings. The third kappa shape index (κ3) is 2.04. The maximum atomic E-state index is 12.1. The maximum absolute atomic E-state index is 12.1. The first kappa shape index (κ1) is 18.8. The van der Waals surface area contributed by atoms with E-state index in [0.717, 1.165) is 32.1 Å². The molecule has 5 rings (SSSR count). The molecule has 0 unspecified atom stereocenters. The molecule has 144 valence electrons. The monoisotopic (exact) mass is 590 g/mol. The summed E-state index contributed by atoms with van der Waals surface area (Å²) in [6, 6.07) is 0. The normalized spacial score (nSPS) is 50.7. The number of carbonyl (C=O) groups excluding carboxylic acids is 2. The lowest BCUT2D eigenvalue weighted by molar-refractivity contribution is -0.158. The van der Waals surface area contributed by atoms with Gasteiger partial charge in [-0.05, 0) is 49.3 Å². The fourth-order valence-electron chi connectivity index (χ4n) is 6.57. The highest BCUT2D eigenvalue weighted by atomic mass is 127. The van der Waals surface area contributed by atoms with Crippen LogP contribution in [0.4, 0.5) is 0 Å². The Labute approximate surface area is 187 Å². The Hall–Kier alpha value is -0.180. The third-order valence-corrected chi connectivity index (χ3v) is 13.9. The summed E-state index contributed by atoms with van der Waals surface area (Å²) >= 11 is 5.39. The largest absolute Gasteiger partial charge is 0.458 e. The van der Waals surface area contributed by atoms with E-state index in [1.54, 1.807) is 0 Å². The Morgan fingerprint density at radius 1 is 1.04 bits per heavy atom. The average Bonchev–Trinajstić information content (AvgIpc) is 3.10. The van der Waals surface area contributed by atoms with Crippen molar-refractivity contribution in [1.82, 2.24) is 0 Å². The molecular formula is C22H24I2O3. The second-order valence-corrected chi connectivity index (χ2v) is 12.9. The molecule has 1 heterocycles. The van der Waals surface area contributed by atoms with E-state index in [4.69, 9.17) is 4.74 Å². The number of hydrogen-bond acceptors (Lipinski definition) is 3. The zero-order valence-electron chi connectivity index (χ0n) is 15.7. The molecule has 0 amide bonds. The van der Waals surface area contributed by atoms with Crippen molar-refractivity contribution >= 4 is 56.9 Å². The van der Waals surface area contributed by atoms with Crippen LogP contribution in [0.5, 0.6) is 0 Å². The predicted molar refractivity (Wildman–Crippen MR) is 121 cm³/mol. The van der Waals surface area contributed by atoms with Gasteiger partial charge in [-0.2, -0.15) is 0 Å². The zero-order chi connectivity index (χ0) is 19.3. The number of ether oxygens (including phenoxy) is 1. The molecule has 2 fully saturated rings. The van der Waals surface area contributed by atoms with Crippen molar-refractivity contribution in [2.24, 2.45) is 10.8 Å². The minimum atomic E-state index is -0.321. The summed E-state index contributed by atoms with van der Waals surface area (Å²) < 4.78 is 5.93. The highest BCUT2D eigenvalue weighted by Gasteiger charge is 2.75. The molecule has 1 saturated carbocycles. The molecule has 0 radical (unpaired) electrons. The van der Waals surface area contributed by atoms with Gasteiger partial charge >= 0.3 is 5.97 Å². The van der Waals surface area contributed by atoms with E-state index in [1.165, 1.54) is 11.1 Å². The SMILES string of the molecule is C[C@]12CCC(=O)C=C1C=C[C@]1(I)C2=CC[C@]2(C)[C@]3(CCC(=O)O3)CC[C@]21I. The van der Waals surface area contributed by atoms with Crippen LogP contribution in [-0.4, -0.2) is 24.2 Å². The van der Waals surface area contributed by atoms with E-state index in [-0.39, 0.29) is 35.0 Å². The van der Waals surface area contributed by atoms with Gasteiger partial charge < -0.3 is 4.74 Å². The van der Waals surface area contributed by atoms with Crippen LogP contribution >= 0.6 is 45.2 Å². The average molecular weight is 590 g/mol. The van der Waals surface area contributed by atoms with E-state index in [0.29, 0.717) is 12.8 Å². The van der Waals surface area contributed by atoms with Crippen LogP contribution in [0, 0.1) is 10.8 Å². The van der Waals surface area contributed by atoms with Crippen molar-refractivity contribution in [2.75, 3.05) is 0 Å². The van der Waals surface area contributed by atoms with Crippen molar-refractivity contribution in [2.45, 2.75) is 71.2 Å². The number of ketones is 1. The summed E-state index contributed by atoms with van der Waals surface area (Å²) in [6.45, 7) is 4.67. The first-order valence-electron chi connectivity index (χ1n) is 9.85. The number of carbonyl (C=O) groups is 2. The maximum Gasteiger partial charge on any atom is 0.306 e. The van der Waals surface area contributed by atoms with E-state index in [9.17, 15) is 9.59 Å². The quantitative estimate of drug-likeness (QED) is 0.164. The molecule has 4 aliphatic carbocycles. The van der Waals surface area contributed by atoms with Crippen LogP contribution in [0.2, 0.25) is 0 Å². The van der Waals surface area contributed by atoms with Crippen LogP contribution in [-0.2, 0) is 14.3 Å². The Morgan fingerprint density at radius 2 is 1.81 bits per heavy atom. The van der Waals surface area contributed by atoms with Crippen LogP contribution in [0.25, 0.3) is 0 Å². The van der Waals surface area contributed by atoms with Crippen LogP contribution in [0.3, 0.4) is 0 Å². The van der Waals surface area contributed by atoms with Crippen LogP contribution < -0.4 is 0 Å². The highest BCUT2D eigenvalue weighted by Crippen LogP contribution is 2.75. The molecule has 0 aromatic carbocycles. The van der Waals surface area contributed by atoms with Gasteiger partial charge in [0.2, 0.25) is 0 Å². The molecule has 5 heteroatoms. The molecule has 0 aromatic heterocycles. The molecule has 3 nitrogen and oxygen atoms in total. The topological polar surface area (TPSA) is 43.4 Å². The second kappa shape index (κ2) is 5.49. The smallest absolute Gasteiger partial charge is 0.306 e. The summed E-state index contributed by atoms with van der Waals surface area (Å²) in [4.78, 5) is 24.1. The number of hydrogen-bond donors (Lipinski definition) is 0. The van der Waals surface area contributed by atoms with Gasteiger partial charge in [0, 0.05) is 23.7 Å². The van der Waals surface area contributed by atoms with E-state index in [1.807, 2.05) is 6.08 Å². The molecule has 1 saturated heterocycles. The van der Waals surface area contributed by atoms with Crippen LogP contribution in [0.15, 0.2) is 35.5 Å². The Bertz CT molecular complexity index is 873. The van der Waals surface area contributed by atoms with E-state index in [2.05, 4.69) is 77.3 Å². The van der Waals surface area contributed by atoms with Gasteiger partial charge in [0.1, 0.15) is 5.60 Å². The fourth-order valence-corrected chi connectivity index (χ4v) is 9.88. The van der Waals surface area contributed by atoms with Gasteiger partial charge in [-0.15, -0.1) is 0 Å². The second-order valence-electron chi connectivity index (χ2n) is 9.37. The van der Waals surface area contributed by atoms with Crippen LogP contribution in [0.1, 0.15) is 58.8 Å². The van der Waals surface area contributed by atoms with Gasteiger partial charge in [-0.25, -0.2) is 0 Å². The predicted octanol–water partition coefficient (Wildman–Crippen LogP) is 5.41. The minimum Gasteiger partial charge on any atom is -0.458 e. The van der Waals surface area contributed by atoms with Crippen molar-refractivity contribution in [3.63, 3.8) is 0 Å². The van der Waals surface area contributed by atoms with Gasteiger partial charge in [0.05, 0.1) is 6.84 Å². The zero-order valence-corrected chi connectivity index (χ0v) is 20.1. The van der Waals surface area contributed by atoms with E-state index < -0.39 is 0 Å². The Morgan fingerprint density at radius 3 is 2.52 bits per heavy atom. The highest BCUT2D eigenvalue weighted by molar-refractivity contribution is 14.1. The number of alkyl halides is 2. The van der Waals surface area contributed by atoms with Crippen molar-refractivity contribution in [1.29, 1.82) is 0 Å². The van der Waals surface area contributed by atoms with Gasteiger partial charge in [0.25, 0.3) is 0 Å². The third-order valence-electron chi connectivity index (χ3n) is 8.39. The lowest BCUT2D eigenvalue weighted by Crippen LogP contribution is -2.63. The summed E-state index contributed by atoms with van der Waals surface area (Å²) in [5.41, 5.74) is 2.17. The Balaban J connectivity index is 1.69. The van der Waals surface area contributed by atoms with Crippen molar-refractivity contribution in [3.8, 4) is 0 Å². The van der Waals surface area contributed by atoms with Crippen molar-refractivity contribution < 1.29 is 14.3 Å². The molecule has 0 aromatic rings. The minimum absolute atomic E-state index is 0.0144. The first-order chi connectivity index (χ1) is 12.6. The molecule has 27 heavy (non-hydrogen) atoms. The molecule has 0 N–H and O–H groups in total. The number of esters is 1. The first-order valence-corrected chi connectivity index (χ1v) is 12.0. The fraction of sp³-hybridized carbons (Fsp3) is 0.636. The molecular weight excluding hydrogens is 566 g/mol. The molecule has 1 aliphatic heterocycles. The summed E-state index contributed by atoms with van der Waals surface area (Å²) in [5.74, 6) is 0.215. The lowest BCUT2D eigenvalue weighted by atomic mass is 9.52. The molecule has 0 bridgehead atoms. The number of rotatable bonds is 0. The summed E-state index contributed by atoms with van der Waals surface area (Å²) in [5, 5.41) is 0. The Kier molecular flexibility index (Phi) is 3.83. The van der Waals surface area contributed by atoms with Gasteiger partial charge in [0.15, 0.2) is 5.78 Å². The number of allylic oxidation sites excluding steroid dienone is 6. The van der Waals surface area contributed by atoms with Gasteiger partial charge in [-0.1, -0.05) is 77.3 Å². The number of fused-ring (bicyclic) bond motifs is 6. The van der Waals surface area contributed by atoms with E-state index >= 15 is 0 Å². The number of halogens is 2. The molecule has 5 atom stereocenters. The standard InChI is InChI=1S/C22H24I2O3/c1-18-7-4-15(25)13-14(18)3-10-21(23)16(18)5-8-19(2)20(9-6-17(26)27-20)11-12-22(19,21)24/h3,5,10,13H,4,6-9,11-12H2,1-2H3/t18-,19+,20-,21-,22-/m0/s1. The van der Waals surface area contributed by atoms with Crippen molar-refractivity contribution in [3.05, 3.63) is 35.5 Å². The van der Waals surface area contributed by atoms with Gasteiger partial charge in [-0.3, -0.25) is 9.59 Å². The molecule has 1 spiro atoms. The summed E-state index contributed by atoms with van der Waals surface area (Å²) in [6.07, 6.45) is 14.7.